The van der Waals surface area contributed by atoms with Gasteiger partial charge in [-0.15, -0.1) is 0 Å². The van der Waals surface area contributed by atoms with E-state index >= 15 is 0 Å². The first-order valence-electron chi connectivity index (χ1n) is 7.85. The van der Waals surface area contributed by atoms with Crippen LogP contribution in [0.3, 0.4) is 0 Å². The molecule has 1 aliphatic heterocycles. The van der Waals surface area contributed by atoms with E-state index in [-0.39, 0.29) is 10.9 Å². The molecule has 0 spiro atoms. The Morgan fingerprint density at radius 2 is 1.75 bits per heavy atom. The third-order valence-corrected chi connectivity index (χ3v) is 4.36. The number of carbonyl (C=O) groups excluding carboxylic acids is 1. The predicted molar refractivity (Wildman–Crippen MR) is 95.7 cm³/mol. The lowest BCUT2D eigenvalue weighted by atomic mass is 10.2. The van der Waals surface area contributed by atoms with Crippen LogP contribution < -0.4 is 4.90 Å². The van der Waals surface area contributed by atoms with Crippen molar-refractivity contribution < 1.29 is 9.18 Å². The summed E-state index contributed by atoms with van der Waals surface area (Å²) in [5, 5.41) is 0.0566. The summed E-state index contributed by atoms with van der Waals surface area (Å²) in [6.07, 6.45) is 3.18. The summed E-state index contributed by atoms with van der Waals surface area (Å²) in [6.45, 7) is 2.99. The van der Waals surface area contributed by atoms with Gasteiger partial charge in [-0.05, 0) is 35.9 Å². The van der Waals surface area contributed by atoms with Crippen LogP contribution in [-0.4, -0.2) is 37.0 Å². The first-order chi connectivity index (χ1) is 11.6. The monoisotopic (exact) mass is 344 g/mol. The predicted octanol–water partition coefficient (Wildman–Crippen LogP) is 3.84. The van der Waals surface area contributed by atoms with E-state index in [4.69, 9.17) is 11.6 Å². The van der Waals surface area contributed by atoms with Gasteiger partial charge in [0.05, 0.1) is 5.02 Å². The molecule has 0 atom stereocenters. The number of nitrogens with zero attached hydrogens (tertiary/aromatic N) is 2. The van der Waals surface area contributed by atoms with Crippen LogP contribution in [0.2, 0.25) is 5.02 Å². The molecule has 1 saturated heterocycles. The maximum absolute atomic E-state index is 13.1. The number of halogens is 2. The summed E-state index contributed by atoms with van der Waals surface area (Å²) >= 11 is 5.74. The van der Waals surface area contributed by atoms with E-state index in [2.05, 4.69) is 17.0 Å². The van der Waals surface area contributed by atoms with Crippen molar-refractivity contribution in [3.05, 3.63) is 71.0 Å². The second kappa shape index (κ2) is 7.49. The molecule has 1 fully saturated rings. The van der Waals surface area contributed by atoms with Gasteiger partial charge in [-0.2, -0.15) is 0 Å². The quantitative estimate of drug-likeness (QED) is 0.790. The largest absolute Gasteiger partial charge is 0.368 e. The van der Waals surface area contributed by atoms with Gasteiger partial charge in [-0.25, -0.2) is 4.39 Å². The SMILES string of the molecule is O=C(C=Cc1ccc(F)c(Cl)c1)N1CCN(c2ccccc2)CC1. The highest BCUT2D eigenvalue weighted by atomic mass is 35.5. The molecule has 1 aliphatic rings. The number of rotatable bonds is 3. The average Bonchev–Trinajstić information content (AvgIpc) is 2.63. The smallest absolute Gasteiger partial charge is 0.246 e. The molecule has 5 heteroatoms. The number of piperazine rings is 1. The fourth-order valence-corrected chi connectivity index (χ4v) is 2.90. The number of carbonyl (C=O) groups is 1. The van der Waals surface area contributed by atoms with Crippen LogP contribution in [0.15, 0.2) is 54.6 Å². The van der Waals surface area contributed by atoms with Gasteiger partial charge in [0.2, 0.25) is 5.91 Å². The highest BCUT2D eigenvalue weighted by Crippen LogP contribution is 2.18. The minimum Gasteiger partial charge on any atom is -0.368 e. The fourth-order valence-electron chi connectivity index (χ4n) is 2.71. The first kappa shape index (κ1) is 16.5. The van der Waals surface area contributed by atoms with Gasteiger partial charge in [0, 0.05) is 37.9 Å². The Bertz CT molecular complexity index is 740. The average molecular weight is 345 g/mol. The van der Waals surface area contributed by atoms with Gasteiger partial charge in [-0.3, -0.25) is 4.79 Å². The Morgan fingerprint density at radius 1 is 1.04 bits per heavy atom. The Balaban J connectivity index is 1.57. The molecule has 0 N–H and O–H groups in total. The number of anilines is 1. The van der Waals surface area contributed by atoms with Crippen molar-refractivity contribution in [3.8, 4) is 0 Å². The highest BCUT2D eigenvalue weighted by molar-refractivity contribution is 6.30. The molecule has 3 rings (SSSR count). The molecule has 124 valence electrons. The van der Waals surface area contributed by atoms with Crippen molar-refractivity contribution in [2.45, 2.75) is 0 Å². The molecule has 1 amide bonds. The van der Waals surface area contributed by atoms with Crippen molar-refractivity contribution >= 4 is 29.3 Å². The van der Waals surface area contributed by atoms with Crippen molar-refractivity contribution in [1.82, 2.24) is 4.90 Å². The first-order valence-corrected chi connectivity index (χ1v) is 8.23. The lowest BCUT2D eigenvalue weighted by Crippen LogP contribution is -2.48. The van der Waals surface area contributed by atoms with Crippen LogP contribution in [0.25, 0.3) is 6.08 Å². The molecule has 2 aromatic carbocycles. The Hall–Kier alpha value is -2.33. The molecule has 0 radical (unpaired) electrons. The molecule has 0 unspecified atom stereocenters. The number of hydrogen-bond donors (Lipinski definition) is 0. The van der Waals surface area contributed by atoms with E-state index in [1.54, 1.807) is 12.1 Å². The molecular weight excluding hydrogens is 327 g/mol. The van der Waals surface area contributed by atoms with Crippen molar-refractivity contribution in [1.29, 1.82) is 0 Å². The van der Waals surface area contributed by atoms with Gasteiger partial charge in [0.25, 0.3) is 0 Å². The molecule has 0 saturated carbocycles. The van der Waals surface area contributed by atoms with Gasteiger partial charge < -0.3 is 9.80 Å². The third-order valence-electron chi connectivity index (χ3n) is 4.07. The van der Waals surface area contributed by atoms with Gasteiger partial charge in [0.15, 0.2) is 0 Å². The maximum Gasteiger partial charge on any atom is 0.246 e. The molecule has 24 heavy (non-hydrogen) atoms. The van der Waals surface area contributed by atoms with Gasteiger partial charge in [0.1, 0.15) is 5.82 Å². The molecule has 0 aliphatic carbocycles. The minimum absolute atomic E-state index is 0.0387. The van der Waals surface area contributed by atoms with E-state index in [1.165, 1.54) is 23.9 Å². The van der Waals surface area contributed by atoms with Crippen LogP contribution in [-0.2, 0) is 4.79 Å². The summed E-state index contributed by atoms with van der Waals surface area (Å²) < 4.78 is 13.1. The van der Waals surface area contributed by atoms with E-state index in [9.17, 15) is 9.18 Å². The molecule has 3 nitrogen and oxygen atoms in total. The lowest BCUT2D eigenvalue weighted by Gasteiger charge is -2.35. The zero-order valence-electron chi connectivity index (χ0n) is 13.2. The van der Waals surface area contributed by atoms with Crippen LogP contribution in [0.5, 0.6) is 0 Å². The zero-order chi connectivity index (χ0) is 16.9. The van der Waals surface area contributed by atoms with Crippen molar-refractivity contribution in [2.24, 2.45) is 0 Å². The zero-order valence-corrected chi connectivity index (χ0v) is 13.9. The second-order valence-corrected chi connectivity index (χ2v) is 6.06. The summed E-state index contributed by atoms with van der Waals surface area (Å²) in [5.74, 6) is -0.500. The van der Waals surface area contributed by atoms with E-state index in [0.29, 0.717) is 18.7 Å². The molecule has 0 bridgehead atoms. The fraction of sp³-hybridized carbons (Fsp3) is 0.211. The summed E-state index contributed by atoms with van der Waals surface area (Å²) in [5.41, 5.74) is 1.89. The number of para-hydroxylation sites is 1. The van der Waals surface area contributed by atoms with Crippen LogP contribution >= 0.6 is 11.6 Å². The van der Waals surface area contributed by atoms with E-state index in [1.807, 2.05) is 23.1 Å². The summed E-state index contributed by atoms with van der Waals surface area (Å²) in [7, 11) is 0. The van der Waals surface area contributed by atoms with Crippen LogP contribution in [0.4, 0.5) is 10.1 Å². The highest BCUT2D eigenvalue weighted by Gasteiger charge is 2.19. The van der Waals surface area contributed by atoms with Crippen LogP contribution in [0, 0.1) is 5.82 Å². The van der Waals surface area contributed by atoms with Crippen molar-refractivity contribution in [3.63, 3.8) is 0 Å². The molecular formula is C19H18ClFN2O. The molecule has 1 heterocycles. The van der Waals surface area contributed by atoms with Gasteiger partial charge in [-0.1, -0.05) is 35.9 Å². The minimum atomic E-state index is -0.461. The summed E-state index contributed by atoms with van der Waals surface area (Å²) in [6, 6.07) is 14.6. The second-order valence-electron chi connectivity index (χ2n) is 5.65. The Morgan fingerprint density at radius 3 is 2.42 bits per heavy atom. The van der Waals surface area contributed by atoms with Gasteiger partial charge >= 0.3 is 0 Å². The Kier molecular flexibility index (Phi) is 5.16. The standard InChI is InChI=1S/C19H18ClFN2O/c20-17-14-15(6-8-18(17)21)7-9-19(24)23-12-10-22(11-13-23)16-4-2-1-3-5-16/h1-9,14H,10-13H2. The maximum atomic E-state index is 13.1. The number of benzene rings is 2. The normalized spacial score (nSPS) is 15.1. The van der Waals surface area contributed by atoms with E-state index < -0.39 is 5.82 Å². The van der Waals surface area contributed by atoms with Crippen molar-refractivity contribution in [2.75, 3.05) is 31.1 Å². The summed E-state index contributed by atoms with van der Waals surface area (Å²) in [4.78, 5) is 16.4. The number of hydrogen-bond acceptors (Lipinski definition) is 2. The molecule has 0 aromatic heterocycles. The molecule has 2 aromatic rings. The number of amides is 1. The lowest BCUT2D eigenvalue weighted by molar-refractivity contribution is -0.126. The topological polar surface area (TPSA) is 23.6 Å². The third kappa shape index (κ3) is 3.95. The van der Waals surface area contributed by atoms with Crippen LogP contribution in [0.1, 0.15) is 5.56 Å². The van der Waals surface area contributed by atoms with E-state index in [0.717, 1.165) is 13.1 Å². The Labute approximate surface area is 145 Å².